The highest BCUT2D eigenvalue weighted by molar-refractivity contribution is 5.83. The van der Waals surface area contributed by atoms with E-state index in [0.717, 1.165) is 72.3 Å². The average molecular weight is 431 g/mol. The van der Waals surface area contributed by atoms with E-state index in [9.17, 15) is 10.2 Å². The van der Waals surface area contributed by atoms with Gasteiger partial charge in [-0.2, -0.15) is 9.61 Å². The van der Waals surface area contributed by atoms with Crippen molar-refractivity contribution in [3.05, 3.63) is 66.4 Å². The van der Waals surface area contributed by atoms with Crippen molar-refractivity contribution >= 4 is 11.5 Å². The summed E-state index contributed by atoms with van der Waals surface area (Å²) in [6.07, 6.45) is 0. The van der Waals surface area contributed by atoms with E-state index in [2.05, 4.69) is 23.1 Å². The van der Waals surface area contributed by atoms with E-state index >= 15 is 0 Å². The fourth-order valence-corrected chi connectivity index (χ4v) is 4.52. The van der Waals surface area contributed by atoms with Gasteiger partial charge in [0.2, 0.25) is 0 Å². The third-order valence-electron chi connectivity index (χ3n) is 6.23. The highest BCUT2D eigenvalue weighted by atomic mass is 16.3. The molecule has 5 rings (SSSR count). The molecule has 0 radical (unpaired) electrons. The molecule has 1 aliphatic rings. The van der Waals surface area contributed by atoms with Gasteiger partial charge in [0.05, 0.1) is 44.2 Å². The molecule has 0 saturated carbocycles. The van der Waals surface area contributed by atoms with Crippen LogP contribution in [-0.4, -0.2) is 64.1 Å². The first-order valence-corrected chi connectivity index (χ1v) is 11.1. The number of benzene rings is 2. The molecule has 0 unspecified atom stereocenters. The summed E-state index contributed by atoms with van der Waals surface area (Å²) < 4.78 is 1.96. The predicted octanol–water partition coefficient (Wildman–Crippen LogP) is 1.77. The van der Waals surface area contributed by atoms with Crippen LogP contribution >= 0.6 is 0 Å². The number of aliphatic hydroxyl groups is 1. The average Bonchev–Trinajstić information content (AvgIpc) is 3.16. The molecule has 0 bridgehead atoms. The number of hydrogen-bond acceptors (Lipinski definition) is 5. The van der Waals surface area contributed by atoms with Crippen LogP contribution in [0.3, 0.4) is 0 Å². The fourth-order valence-electron chi connectivity index (χ4n) is 4.52. The van der Waals surface area contributed by atoms with Crippen LogP contribution in [0.4, 0.5) is 5.82 Å². The number of quaternary nitrogens is 1. The van der Waals surface area contributed by atoms with Crippen LogP contribution in [-0.2, 0) is 0 Å². The number of nitrogens with one attached hydrogen (secondary N) is 1. The molecule has 164 valence electrons. The normalized spacial score (nSPS) is 14.9. The minimum atomic E-state index is 0.224. The summed E-state index contributed by atoms with van der Waals surface area (Å²) in [5.41, 5.74) is 5.66. The molecule has 1 fully saturated rings. The zero-order valence-corrected chi connectivity index (χ0v) is 18.2. The molecule has 1 aliphatic heterocycles. The van der Waals surface area contributed by atoms with E-state index in [-0.39, 0.29) is 12.4 Å². The van der Waals surface area contributed by atoms with Gasteiger partial charge in [0.25, 0.3) is 0 Å². The molecule has 7 nitrogen and oxygen atoms in total. The van der Waals surface area contributed by atoms with E-state index in [4.69, 9.17) is 10.1 Å². The van der Waals surface area contributed by atoms with E-state index in [0.29, 0.717) is 0 Å². The fraction of sp³-hybridized carbons (Fsp3) is 0.280. The van der Waals surface area contributed by atoms with Crippen LogP contribution in [0.25, 0.3) is 28.0 Å². The van der Waals surface area contributed by atoms with Gasteiger partial charge in [0.1, 0.15) is 18.1 Å². The molecule has 2 aromatic heterocycles. The summed E-state index contributed by atoms with van der Waals surface area (Å²) >= 11 is 0. The van der Waals surface area contributed by atoms with Crippen LogP contribution in [0.2, 0.25) is 0 Å². The largest absolute Gasteiger partial charge is 0.508 e. The minimum Gasteiger partial charge on any atom is -0.508 e. The van der Waals surface area contributed by atoms with Crippen molar-refractivity contribution in [2.75, 3.05) is 44.2 Å². The van der Waals surface area contributed by atoms with Crippen molar-refractivity contribution in [2.45, 2.75) is 6.92 Å². The Morgan fingerprint density at radius 2 is 1.69 bits per heavy atom. The van der Waals surface area contributed by atoms with Gasteiger partial charge in [0, 0.05) is 17.2 Å². The van der Waals surface area contributed by atoms with Crippen LogP contribution < -0.4 is 9.80 Å². The van der Waals surface area contributed by atoms with Crippen molar-refractivity contribution in [2.24, 2.45) is 0 Å². The van der Waals surface area contributed by atoms with Gasteiger partial charge < -0.3 is 20.0 Å². The molecule has 32 heavy (non-hydrogen) atoms. The zero-order valence-electron chi connectivity index (χ0n) is 18.2. The Hall–Kier alpha value is -3.42. The quantitative estimate of drug-likeness (QED) is 0.450. The van der Waals surface area contributed by atoms with Crippen molar-refractivity contribution in [3.63, 3.8) is 0 Å². The number of aromatic nitrogens is 3. The smallest absolute Gasteiger partial charge is 0.166 e. The molecule has 0 atom stereocenters. The second-order valence-electron chi connectivity index (χ2n) is 8.32. The van der Waals surface area contributed by atoms with Gasteiger partial charge in [0.15, 0.2) is 5.65 Å². The maximum atomic E-state index is 9.74. The van der Waals surface area contributed by atoms with E-state index in [1.165, 1.54) is 4.90 Å². The summed E-state index contributed by atoms with van der Waals surface area (Å²) in [7, 11) is 0. The third-order valence-corrected chi connectivity index (χ3v) is 6.23. The SMILES string of the molecule is Cc1nn2c(N3CC[NH+](CCO)CC3)cc(-c3ccccc3)nc2c1-c1ccc(O)cc1. The lowest BCUT2D eigenvalue weighted by atomic mass is 10.1. The van der Waals surface area contributed by atoms with Crippen molar-refractivity contribution in [1.82, 2.24) is 14.6 Å². The second kappa shape index (κ2) is 8.61. The highest BCUT2D eigenvalue weighted by Crippen LogP contribution is 2.33. The maximum absolute atomic E-state index is 9.74. The Morgan fingerprint density at radius 1 is 0.969 bits per heavy atom. The lowest BCUT2D eigenvalue weighted by molar-refractivity contribution is -0.900. The zero-order chi connectivity index (χ0) is 22.1. The van der Waals surface area contributed by atoms with E-state index in [1.54, 1.807) is 12.1 Å². The number of phenolic OH excluding ortho intramolecular Hbond substituents is 1. The number of fused-ring (bicyclic) bond motifs is 1. The number of piperazine rings is 1. The molecule has 0 aliphatic carbocycles. The molecular weight excluding hydrogens is 402 g/mol. The number of rotatable bonds is 5. The van der Waals surface area contributed by atoms with Crippen LogP contribution in [0, 0.1) is 6.92 Å². The highest BCUT2D eigenvalue weighted by Gasteiger charge is 2.25. The van der Waals surface area contributed by atoms with Crippen LogP contribution in [0.1, 0.15) is 5.69 Å². The molecule has 7 heteroatoms. The molecule has 4 aromatic rings. The number of aryl methyl sites for hydroxylation is 1. The number of nitrogens with zero attached hydrogens (tertiary/aromatic N) is 4. The summed E-state index contributed by atoms with van der Waals surface area (Å²) in [6.45, 7) is 6.78. The Balaban J connectivity index is 1.66. The summed E-state index contributed by atoms with van der Waals surface area (Å²) in [5, 5.41) is 23.9. The minimum absolute atomic E-state index is 0.224. The monoisotopic (exact) mass is 430 g/mol. The number of aliphatic hydroxyl groups excluding tert-OH is 1. The molecule has 0 spiro atoms. The Kier molecular flexibility index (Phi) is 5.51. The summed E-state index contributed by atoms with van der Waals surface area (Å²) in [6, 6.07) is 19.6. The number of hydrogen-bond donors (Lipinski definition) is 3. The molecule has 1 saturated heterocycles. The molecule has 3 N–H and O–H groups in total. The first kappa shape index (κ1) is 20.5. The van der Waals surface area contributed by atoms with Gasteiger partial charge in [-0.3, -0.25) is 0 Å². The topological polar surface area (TPSA) is 78.3 Å². The standard InChI is InChI=1S/C25H27N5O2/c1-18-24(20-7-9-21(32)10-8-20)25-26-22(19-5-3-2-4-6-19)17-23(30(25)27-18)29-13-11-28(12-14-29)15-16-31/h2-10,17,31-32H,11-16H2,1H3/p+1. The lowest BCUT2D eigenvalue weighted by Gasteiger charge is -2.33. The summed E-state index contributed by atoms with van der Waals surface area (Å²) in [4.78, 5) is 8.84. The van der Waals surface area contributed by atoms with Gasteiger partial charge in [-0.05, 0) is 24.6 Å². The lowest BCUT2D eigenvalue weighted by Crippen LogP contribution is -3.15. The molecule has 2 aromatic carbocycles. The van der Waals surface area contributed by atoms with E-state index < -0.39 is 0 Å². The number of anilines is 1. The Bertz CT molecular complexity index is 1210. The Labute approximate surface area is 187 Å². The summed E-state index contributed by atoms with van der Waals surface area (Å²) in [5.74, 6) is 1.27. The number of aromatic hydroxyl groups is 1. The van der Waals surface area contributed by atoms with Crippen molar-refractivity contribution < 1.29 is 15.1 Å². The predicted molar refractivity (Wildman–Crippen MR) is 125 cm³/mol. The van der Waals surface area contributed by atoms with Crippen molar-refractivity contribution in [3.8, 4) is 28.1 Å². The molecule has 3 heterocycles. The van der Waals surface area contributed by atoms with Gasteiger partial charge in [-0.25, -0.2) is 4.98 Å². The first-order valence-electron chi connectivity index (χ1n) is 11.1. The van der Waals surface area contributed by atoms with Crippen molar-refractivity contribution in [1.29, 1.82) is 0 Å². The van der Waals surface area contributed by atoms with Crippen LogP contribution in [0.5, 0.6) is 5.75 Å². The second-order valence-corrected chi connectivity index (χ2v) is 8.32. The maximum Gasteiger partial charge on any atom is 0.166 e. The van der Waals surface area contributed by atoms with E-state index in [1.807, 2.05) is 41.8 Å². The third kappa shape index (κ3) is 3.81. The van der Waals surface area contributed by atoms with Gasteiger partial charge in [-0.15, -0.1) is 0 Å². The van der Waals surface area contributed by atoms with Gasteiger partial charge >= 0.3 is 0 Å². The molecule has 0 amide bonds. The Morgan fingerprint density at radius 3 is 2.38 bits per heavy atom. The van der Waals surface area contributed by atoms with Gasteiger partial charge in [-0.1, -0.05) is 42.5 Å². The number of phenols is 1. The first-order chi connectivity index (χ1) is 15.6. The molecular formula is C25H28N5O2+. The van der Waals surface area contributed by atoms with Crippen LogP contribution in [0.15, 0.2) is 60.7 Å².